The van der Waals surface area contributed by atoms with Crippen molar-refractivity contribution < 1.29 is 0 Å². The van der Waals surface area contributed by atoms with Crippen LogP contribution < -0.4 is 5.32 Å². The van der Waals surface area contributed by atoms with Crippen LogP contribution in [0.15, 0.2) is 24.3 Å². The number of likely N-dealkylation sites (N-methyl/N-ethyl adjacent to an activating group) is 1. The summed E-state index contributed by atoms with van der Waals surface area (Å²) in [5, 5.41) is 9.54. The Kier molecular flexibility index (Phi) is 5.28. The third kappa shape index (κ3) is 3.51. The van der Waals surface area contributed by atoms with E-state index in [0.29, 0.717) is 6.04 Å². The number of para-hydroxylation sites is 1. The number of nitrogens with zero attached hydrogens (tertiary/aromatic N) is 2. The fourth-order valence-corrected chi connectivity index (χ4v) is 3.17. The van der Waals surface area contributed by atoms with E-state index in [1.807, 2.05) is 23.5 Å². The average Bonchev–Trinajstić information content (AvgIpc) is 2.74. The van der Waals surface area contributed by atoms with E-state index in [2.05, 4.69) is 48.5 Å². The Morgan fingerprint density at radius 3 is 2.84 bits per heavy atom. The SMILES string of the molecule is CCNC(CSCC)Cc1nn(C)c2ccccc12. The molecule has 0 spiro atoms. The second-order valence-corrected chi connectivity index (χ2v) is 6.02. The molecular formula is C15H23N3S. The van der Waals surface area contributed by atoms with Gasteiger partial charge >= 0.3 is 0 Å². The van der Waals surface area contributed by atoms with Gasteiger partial charge < -0.3 is 5.32 Å². The standard InChI is InChI=1S/C15H23N3S/c1-4-16-12(11-19-5-2)10-14-13-8-6-7-9-15(13)18(3)17-14/h6-9,12,16H,4-5,10-11H2,1-3H3. The van der Waals surface area contributed by atoms with Crippen molar-refractivity contribution in [1.29, 1.82) is 0 Å². The molecule has 0 aliphatic carbocycles. The van der Waals surface area contributed by atoms with Crippen LogP contribution in [0.2, 0.25) is 0 Å². The molecule has 0 amide bonds. The smallest absolute Gasteiger partial charge is 0.0719 e. The fourth-order valence-electron chi connectivity index (χ4n) is 2.41. The maximum absolute atomic E-state index is 4.69. The van der Waals surface area contributed by atoms with Crippen LogP contribution in [0.25, 0.3) is 10.9 Å². The molecule has 0 saturated heterocycles. The molecule has 0 aliphatic heterocycles. The molecule has 1 N–H and O–H groups in total. The molecule has 1 heterocycles. The van der Waals surface area contributed by atoms with Gasteiger partial charge in [0.05, 0.1) is 11.2 Å². The summed E-state index contributed by atoms with van der Waals surface area (Å²) in [6.07, 6.45) is 1.00. The molecule has 0 aliphatic rings. The highest BCUT2D eigenvalue weighted by Gasteiger charge is 2.14. The summed E-state index contributed by atoms with van der Waals surface area (Å²) in [7, 11) is 2.02. The van der Waals surface area contributed by atoms with Crippen LogP contribution in [-0.4, -0.2) is 33.9 Å². The zero-order chi connectivity index (χ0) is 13.7. The predicted octanol–water partition coefficient (Wildman–Crippen LogP) is 2.85. The second-order valence-electron chi connectivity index (χ2n) is 4.71. The number of aryl methyl sites for hydroxylation is 1. The Balaban J connectivity index is 2.18. The van der Waals surface area contributed by atoms with Gasteiger partial charge in [-0.25, -0.2) is 0 Å². The number of thioether (sulfide) groups is 1. The van der Waals surface area contributed by atoms with Crippen LogP contribution in [0.3, 0.4) is 0 Å². The molecule has 1 aromatic carbocycles. The summed E-state index contributed by atoms with van der Waals surface area (Å²) in [6, 6.07) is 8.98. The van der Waals surface area contributed by atoms with E-state index in [9.17, 15) is 0 Å². The normalized spacial score (nSPS) is 13.0. The maximum atomic E-state index is 4.69. The zero-order valence-corrected chi connectivity index (χ0v) is 12.8. The van der Waals surface area contributed by atoms with Gasteiger partial charge in [-0.3, -0.25) is 4.68 Å². The van der Waals surface area contributed by atoms with Gasteiger partial charge in [-0.1, -0.05) is 32.0 Å². The molecule has 19 heavy (non-hydrogen) atoms. The van der Waals surface area contributed by atoms with E-state index >= 15 is 0 Å². The highest BCUT2D eigenvalue weighted by molar-refractivity contribution is 7.99. The van der Waals surface area contributed by atoms with Crippen LogP contribution in [0.1, 0.15) is 19.5 Å². The Morgan fingerprint density at radius 2 is 2.11 bits per heavy atom. The average molecular weight is 277 g/mol. The lowest BCUT2D eigenvalue weighted by atomic mass is 10.1. The molecular weight excluding hydrogens is 254 g/mol. The summed E-state index contributed by atoms with van der Waals surface area (Å²) >= 11 is 1.99. The van der Waals surface area contributed by atoms with E-state index < -0.39 is 0 Å². The van der Waals surface area contributed by atoms with Crippen LogP contribution >= 0.6 is 11.8 Å². The van der Waals surface area contributed by atoms with Gasteiger partial charge in [0.25, 0.3) is 0 Å². The highest BCUT2D eigenvalue weighted by Crippen LogP contribution is 2.19. The zero-order valence-electron chi connectivity index (χ0n) is 12.0. The fraction of sp³-hybridized carbons (Fsp3) is 0.533. The van der Waals surface area contributed by atoms with Gasteiger partial charge in [-0.15, -0.1) is 0 Å². The molecule has 3 nitrogen and oxygen atoms in total. The third-order valence-electron chi connectivity index (χ3n) is 3.29. The number of hydrogen-bond donors (Lipinski definition) is 1. The first-order valence-corrected chi connectivity index (χ1v) is 8.13. The largest absolute Gasteiger partial charge is 0.313 e. The van der Waals surface area contributed by atoms with Crippen LogP contribution in [0.4, 0.5) is 0 Å². The lowest BCUT2D eigenvalue weighted by Crippen LogP contribution is -2.33. The maximum Gasteiger partial charge on any atom is 0.0719 e. The molecule has 1 atom stereocenters. The van der Waals surface area contributed by atoms with E-state index in [0.717, 1.165) is 18.7 Å². The van der Waals surface area contributed by atoms with E-state index in [4.69, 9.17) is 0 Å². The van der Waals surface area contributed by atoms with Gasteiger partial charge in [-0.2, -0.15) is 16.9 Å². The molecule has 0 fully saturated rings. The Morgan fingerprint density at radius 1 is 1.32 bits per heavy atom. The van der Waals surface area contributed by atoms with Crippen molar-refractivity contribution in [2.24, 2.45) is 7.05 Å². The van der Waals surface area contributed by atoms with Crippen molar-refractivity contribution in [3.05, 3.63) is 30.0 Å². The molecule has 2 aromatic rings. The topological polar surface area (TPSA) is 29.9 Å². The second kappa shape index (κ2) is 6.96. The first kappa shape index (κ1) is 14.4. The molecule has 4 heteroatoms. The summed E-state index contributed by atoms with van der Waals surface area (Å²) < 4.78 is 1.99. The van der Waals surface area contributed by atoms with Gasteiger partial charge in [0.2, 0.25) is 0 Å². The summed E-state index contributed by atoms with van der Waals surface area (Å²) in [6.45, 7) is 5.39. The van der Waals surface area contributed by atoms with Gasteiger partial charge in [-0.05, 0) is 18.4 Å². The molecule has 0 saturated carbocycles. The molecule has 2 rings (SSSR count). The Bertz CT molecular complexity index is 521. The van der Waals surface area contributed by atoms with Crippen LogP contribution in [-0.2, 0) is 13.5 Å². The van der Waals surface area contributed by atoms with Crippen molar-refractivity contribution in [3.63, 3.8) is 0 Å². The first-order valence-electron chi connectivity index (χ1n) is 6.98. The van der Waals surface area contributed by atoms with Crippen LogP contribution in [0.5, 0.6) is 0 Å². The first-order chi connectivity index (χ1) is 9.26. The van der Waals surface area contributed by atoms with Crippen molar-refractivity contribution in [1.82, 2.24) is 15.1 Å². The quantitative estimate of drug-likeness (QED) is 0.844. The minimum atomic E-state index is 0.508. The number of nitrogens with one attached hydrogen (secondary N) is 1. The third-order valence-corrected chi connectivity index (χ3v) is 4.34. The van der Waals surface area contributed by atoms with Crippen molar-refractivity contribution in [2.75, 3.05) is 18.1 Å². The minimum Gasteiger partial charge on any atom is -0.313 e. The van der Waals surface area contributed by atoms with E-state index in [-0.39, 0.29) is 0 Å². The monoisotopic (exact) mass is 277 g/mol. The lowest BCUT2D eigenvalue weighted by molar-refractivity contribution is 0.563. The lowest BCUT2D eigenvalue weighted by Gasteiger charge is -2.16. The number of hydrogen-bond acceptors (Lipinski definition) is 3. The Hall–Kier alpha value is -1.00. The van der Waals surface area contributed by atoms with Crippen molar-refractivity contribution in [2.45, 2.75) is 26.3 Å². The predicted molar refractivity (Wildman–Crippen MR) is 84.9 cm³/mol. The minimum absolute atomic E-state index is 0.508. The van der Waals surface area contributed by atoms with Crippen molar-refractivity contribution >= 4 is 22.7 Å². The highest BCUT2D eigenvalue weighted by atomic mass is 32.2. The van der Waals surface area contributed by atoms with Crippen molar-refractivity contribution in [3.8, 4) is 0 Å². The number of aromatic nitrogens is 2. The van der Waals surface area contributed by atoms with Gasteiger partial charge in [0.1, 0.15) is 0 Å². The molecule has 0 radical (unpaired) electrons. The molecule has 0 bridgehead atoms. The summed E-state index contributed by atoms with van der Waals surface area (Å²) in [4.78, 5) is 0. The van der Waals surface area contributed by atoms with E-state index in [1.54, 1.807) is 0 Å². The van der Waals surface area contributed by atoms with Gasteiger partial charge in [0.15, 0.2) is 0 Å². The molecule has 1 aromatic heterocycles. The number of fused-ring (bicyclic) bond motifs is 1. The van der Waals surface area contributed by atoms with Crippen LogP contribution in [0, 0.1) is 0 Å². The molecule has 1 unspecified atom stereocenters. The summed E-state index contributed by atoms with van der Waals surface area (Å²) in [5.74, 6) is 2.32. The van der Waals surface area contributed by atoms with Gasteiger partial charge in [0, 0.05) is 30.6 Å². The van der Waals surface area contributed by atoms with E-state index in [1.165, 1.54) is 22.3 Å². The molecule has 104 valence electrons. The number of benzene rings is 1. The summed E-state index contributed by atoms with van der Waals surface area (Å²) in [5.41, 5.74) is 2.43. The number of rotatable bonds is 7. The Labute approximate surface area is 119 Å².